The van der Waals surface area contributed by atoms with Crippen LogP contribution in [-0.4, -0.2) is 0 Å². The maximum atomic E-state index is 2.42. The topological polar surface area (TPSA) is 0 Å². The van der Waals surface area contributed by atoms with Crippen LogP contribution in [0.15, 0.2) is 133 Å². The van der Waals surface area contributed by atoms with E-state index in [1.807, 2.05) is 0 Å². The Bertz CT molecular complexity index is 2300. The molecule has 44 heavy (non-hydrogen) atoms. The van der Waals surface area contributed by atoms with Crippen LogP contribution < -0.4 is 0 Å². The van der Waals surface area contributed by atoms with Crippen LogP contribution in [-0.2, 0) is 10.8 Å². The highest BCUT2D eigenvalue weighted by atomic mass is 14.4. The van der Waals surface area contributed by atoms with E-state index in [2.05, 4.69) is 161 Å². The molecule has 0 nitrogen and oxygen atoms in total. The van der Waals surface area contributed by atoms with Gasteiger partial charge in [-0.15, -0.1) is 0 Å². The second-order valence-electron chi connectivity index (χ2n) is 13.6. The number of fused-ring (bicyclic) bond motifs is 10. The van der Waals surface area contributed by atoms with Gasteiger partial charge in [-0.05, 0) is 88.3 Å². The number of benzene rings is 7. The van der Waals surface area contributed by atoms with Gasteiger partial charge in [0.1, 0.15) is 0 Å². The minimum absolute atomic E-state index is 0.0793. The molecule has 0 saturated heterocycles. The summed E-state index contributed by atoms with van der Waals surface area (Å²) < 4.78 is 0. The third-order valence-electron chi connectivity index (χ3n) is 10.6. The van der Waals surface area contributed by atoms with Crippen LogP contribution in [0.25, 0.3) is 66.1 Å². The van der Waals surface area contributed by atoms with Crippen LogP contribution in [0.4, 0.5) is 0 Å². The highest BCUT2D eigenvalue weighted by molar-refractivity contribution is 6.27. The molecule has 210 valence electrons. The van der Waals surface area contributed by atoms with Crippen molar-refractivity contribution in [1.82, 2.24) is 0 Å². The van der Waals surface area contributed by atoms with Gasteiger partial charge in [0.2, 0.25) is 0 Å². The number of hydrogen-bond donors (Lipinski definition) is 0. The summed E-state index contributed by atoms with van der Waals surface area (Å²) in [6, 6.07) is 50.0. The molecule has 2 aliphatic carbocycles. The summed E-state index contributed by atoms with van der Waals surface area (Å²) in [6.07, 6.45) is 0. The van der Waals surface area contributed by atoms with Crippen molar-refractivity contribution < 1.29 is 0 Å². The summed E-state index contributed by atoms with van der Waals surface area (Å²) in [7, 11) is 0. The van der Waals surface area contributed by atoms with Crippen molar-refractivity contribution in [3.8, 4) is 44.5 Å². The Hall–Kier alpha value is -4.94. The molecular weight excluding hydrogens is 528 g/mol. The van der Waals surface area contributed by atoms with Crippen molar-refractivity contribution in [3.63, 3.8) is 0 Å². The highest BCUT2D eigenvalue weighted by Crippen LogP contribution is 2.59. The smallest absolute Gasteiger partial charge is 0.0165 e. The van der Waals surface area contributed by atoms with E-state index in [9.17, 15) is 0 Å². The van der Waals surface area contributed by atoms with Crippen molar-refractivity contribution in [2.75, 3.05) is 0 Å². The van der Waals surface area contributed by atoms with Gasteiger partial charge in [-0.25, -0.2) is 0 Å². The first kappa shape index (κ1) is 25.5. The molecule has 0 atom stereocenters. The second-order valence-corrected chi connectivity index (χ2v) is 13.6. The molecule has 0 heterocycles. The lowest BCUT2D eigenvalue weighted by Gasteiger charge is -2.28. The molecule has 0 amide bonds. The van der Waals surface area contributed by atoms with Gasteiger partial charge in [-0.1, -0.05) is 161 Å². The minimum Gasteiger partial charge on any atom is -0.0622 e. The molecule has 0 spiro atoms. The van der Waals surface area contributed by atoms with Gasteiger partial charge in [-0.2, -0.15) is 0 Å². The van der Waals surface area contributed by atoms with Crippen LogP contribution in [0.1, 0.15) is 49.9 Å². The lowest BCUT2D eigenvalue weighted by Crippen LogP contribution is -2.16. The van der Waals surface area contributed by atoms with Crippen LogP contribution in [0.3, 0.4) is 0 Å². The third-order valence-corrected chi connectivity index (χ3v) is 10.6. The standard InChI is InChI=1S/C44H34/c1-43(2)35-22-14-12-20-31(35)39-36(43)26-25-32-37(27-15-7-5-8-16-27)33-24-23-30-29-19-11-13-21-34(29)44(3,4)42(30)41(33)38(40(32)39)28-17-9-6-10-18-28/h5-26H,1-4H3. The van der Waals surface area contributed by atoms with Crippen molar-refractivity contribution in [2.24, 2.45) is 0 Å². The number of hydrogen-bond acceptors (Lipinski definition) is 0. The molecule has 2 aliphatic rings. The Morgan fingerprint density at radius 2 is 0.864 bits per heavy atom. The number of rotatable bonds is 2. The van der Waals surface area contributed by atoms with Crippen LogP contribution >= 0.6 is 0 Å². The fourth-order valence-electron chi connectivity index (χ4n) is 8.68. The van der Waals surface area contributed by atoms with Gasteiger partial charge in [0.05, 0.1) is 0 Å². The van der Waals surface area contributed by atoms with E-state index in [-0.39, 0.29) is 10.8 Å². The molecule has 0 aromatic heterocycles. The molecular formula is C44H34. The molecule has 0 radical (unpaired) electrons. The average molecular weight is 563 g/mol. The van der Waals surface area contributed by atoms with Crippen molar-refractivity contribution >= 4 is 21.5 Å². The van der Waals surface area contributed by atoms with Gasteiger partial charge in [0, 0.05) is 10.8 Å². The maximum absolute atomic E-state index is 2.42. The summed E-state index contributed by atoms with van der Waals surface area (Å²) in [6.45, 7) is 9.63. The van der Waals surface area contributed by atoms with E-state index in [0.717, 1.165) is 0 Å². The summed E-state index contributed by atoms with van der Waals surface area (Å²) >= 11 is 0. The Kier molecular flexibility index (Phi) is 5.11. The van der Waals surface area contributed by atoms with E-state index >= 15 is 0 Å². The SMILES string of the molecule is CC1(C)c2ccccc2-c2c1ccc1c(-c3ccccc3)c3ccc4c(c3c(-c3ccccc3)c21)C(C)(C)c1ccccc1-4. The Morgan fingerprint density at radius 3 is 1.55 bits per heavy atom. The second kappa shape index (κ2) is 8.80. The fraction of sp³-hybridized carbons (Fsp3) is 0.136. The predicted molar refractivity (Wildman–Crippen MR) is 187 cm³/mol. The normalized spacial score (nSPS) is 15.2. The molecule has 0 N–H and O–H groups in total. The van der Waals surface area contributed by atoms with Crippen LogP contribution in [0.2, 0.25) is 0 Å². The van der Waals surface area contributed by atoms with E-state index < -0.39 is 0 Å². The van der Waals surface area contributed by atoms with Gasteiger partial charge in [-0.3, -0.25) is 0 Å². The van der Waals surface area contributed by atoms with Gasteiger partial charge < -0.3 is 0 Å². The summed E-state index contributed by atoms with van der Waals surface area (Å²) in [5.74, 6) is 0. The van der Waals surface area contributed by atoms with Gasteiger partial charge in [0.25, 0.3) is 0 Å². The minimum atomic E-state index is -0.147. The van der Waals surface area contributed by atoms with E-state index in [1.54, 1.807) is 0 Å². The molecule has 0 heteroatoms. The molecule has 0 aliphatic heterocycles. The first-order valence-electron chi connectivity index (χ1n) is 15.8. The van der Waals surface area contributed by atoms with Crippen LogP contribution in [0.5, 0.6) is 0 Å². The van der Waals surface area contributed by atoms with E-state index in [0.29, 0.717) is 0 Å². The maximum Gasteiger partial charge on any atom is 0.0165 e. The quantitative estimate of drug-likeness (QED) is 0.184. The summed E-state index contributed by atoms with van der Waals surface area (Å²) in [5.41, 5.74) is 16.2. The molecule has 0 saturated carbocycles. The Labute approximate surface area is 259 Å². The zero-order valence-corrected chi connectivity index (χ0v) is 25.7. The third kappa shape index (κ3) is 3.18. The largest absolute Gasteiger partial charge is 0.0622 e. The predicted octanol–water partition coefficient (Wildman–Crippen LogP) is 11.9. The summed E-state index contributed by atoms with van der Waals surface area (Å²) in [5, 5.41) is 5.41. The molecule has 0 fully saturated rings. The molecule has 0 bridgehead atoms. The fourth-order valence-corrected chi connectivity index (χ4v) is 8.68. The Balaban J connectivity index is 1.60. The summed E-state index contributed by atoms with van der Waals surface area (Å²) in [4.78, 5) is 0. The Morgan fingerprint density at radius 1 is 0.341 bits per heavy atom. The highest BCUT2D eigenvalue weighted by Gasteiger charge is 2.40. The molecule has 7 aromatic carbocycles. The first-order valence-corrected chi connectivity index (χ1v) is 15.8. The van der Waals surface area contributed by atoms with E-state index in [4.69, 9.17) is 0 Å². The van der Waals surface area contributed by atoms with Gasteiger partial charge in [0.15, 0.2) is 0 Å². The molecule has 7 aromatic rings. The van der Waals surface area contributed by atoms with Gasteiger partial charge >= 0.3 is 0 Å². The first-order chi connectivity index (χ1) is 21.4. The lowest BCUT2D eigenvalue weighted by molar-refractivity contribution is 0.661. The monoisotopic (exact) mass is 562 g/mol. The zero-order valence-electron chi connectivity index (χ0n) is 25.7. The molecule has 0 unspecified atom stereocenters. The average Bonchev–Trinajstić information content (AvgIpc) is 3.44. The van der Waals surface area contributed by atoms with Crippen molar-refractivity contribution in [2.45, 2.75) is 38.5 Å². The lowest BCUT2D eigenvalue weighted by atomic mass is 9.75. The van der Waals surface area contributed by atoms with E-state index in [1.165, 1.54) is 88.3 Å². The van der Waals surface area contributed by atoms with Crippen molar-refractivity contribution in [3.05, 3.63) is 156 Å². The van der Waals surface area contributed by atoms with Crippen LogP contribution in [0, 0.1) is 0 Å². The zero-order chi connectivity index (χ0) is 29.8. The van der Waals surface area contributed by atoms with Crippen molar-refractivity contribution in [1.29, 1.82) is 0 Å². The molecule has 9 rings (SSSR count).